The first-order valence-corrected chi connectivity index (χ1v) is 7.21. The fraction of sp³-hybridized carbons (Fsp3) is 0.786. The normalized spacial score (nSPS) is 24.6. The second-order valence-electron chi connectivity index (χ2n) is 5.51. The van der Waals surface area contributed by atoms with Crippen LogP contribution in [0.1, 0.15) is 26.2 Å². The first-order chi connectivity index (χ1) is 9.95. The number of carboxylic acid groups (broad SMARTS) is 1. The van der Waals surface area contributed by atoms with Crippen molar-refractivity contribution in [3.8, 4) is 0 Å². The van der Waals surface area contributed by atoms with Crippen LogP contribution in [0.4, 0.5) is 0 Å². The zero-order valence-corrected chi connectivity index (χ0v) is 12.6. The molecule has 0 aromatic heterocycles. The number of hydrogen-bond donors (Lipinski definition) is 3. The van der Waals surface area contributed by atoms with Crippen molar-refractivity contribution in [1.82, 2.24) is 10.6 Å². The maximum absolute atomic E-state index is 12.0. The van der Waals surface area contributed by atoms with E-state index in [9.17, 15) is 14.4 Å². The fourth-order valence-electron chi connectivity index (χ4n) is 2.67. The maximum Gasteiger partial charge on any atom is 0.307 e. The Hall–Kier alpha value is -1.63. The number of nitrogens with one attached hydrogen (secondary N) is 2. The predicted octanol–water partition coefficient (Wildman–Crippen LogP) is 0.00220. The lowest BCUT2D eigenvalue weighted by molar-refractivity contribution is -0.146. The van der Waals surface area contributed by atoms with Gasteiger partial charge in [-0.15, -0.1) is 0 Å². The molecule has 1 aliphatic carbocycles. The zero-order chi connectivity index (χ0) is 15.8. The molecule has 0 aliphatic heterocycles. The van der Waals surface area contributed by atoms with E-state index in [0.717, 1.165) is 0 Å². The molecule has 3 atom stereocenters. The van der Waals surface area contributed by atoms with Crippen molar-refractivity contribution >= 4 is 17.8 Å². The van der Waals surface area contributed by atoms with Crippen LogP contribution in [0.2, 0.25) is 0 Å². The lowest BCUT2D eigenvalue weighted by Crippen LogP contribution is -2.37. The quantitative estimate of drug-likeness (QED) is 0.547. The van der Waals surface area contributed by atoms with Gasteiger partial charge in [-0.2, -0.15) is 0 Å². The van der Waals surface area contributed by atoms with E-state index in [2.05, 4.69) is 10.6 Å². The van der Waals surface area contributed by atoms with Crippen LogP contribution < -0.4 is 10.6 Å². The molecule has 1 rings (SSSR count). The molecular weight excluding hydrogens is 276 g/mol. The molecule has 21 heavy (non-hydrogen) atoms. The topological polar surface area (TPSA) is 105 Å². The molecule has 7 nitrogen and oxygen atoms in total. The first-order valence-electron chi connectivity index (χ1n) is 7.21. The van der Waals surface area contributed by atoms with Crippen LogP contribution in [0.3, 0.4) is 0 Å². The average molecular weight is 300 g/mol. The molecule has 3 unspecified atom stereocenters. The summed E-state index contributed by atoms with van der Waals surface area (Å²) < 4.78 is 4.81. The summed E-state index contributed by atoms with van der Waals surface area (Å²) in [7, 11) is 1.55. The van der Waals surface area contributed by atoms with Crippen molar-refractivity contribution in [2.75, 3.05) is 26.8 Å². The molecule has 0 spiro atoms. The van der Waals surface area contributed by atoms with Crippen LogP contribution in [0.25, 0.3) is 0 Å². The summed E-state index contributed by atoms with van der Waals surface area (Å²) in [6.45, 7) is 3.05. The number of carboxylic acids is 1. The summed E-state index contributed by atoms with van der Waals surface area (Å²) in [6.07, 6.45) is 1.29. The minimum absolute atomic E-state index is 0.165. The summed E-state index contributed by atoms with van der Waals surface area (Å²) in [6, 6.07) is 0. The van der Waals surface area contributed by atoms with Crippen molar-refractivity contribution < 1.29 is 24.2 Å². The molecule has 0 radical (unpaired) electrons. The monoisotopic (exact) mass is 300 g/mol. The van der Waals surface area contributed by atoms with Gasteiger partial charge in [0, 0.05) is 26.6 Å². The van der Waals surface area contributed by atoms with Gasteiger partial charge in [0.15, 0.2) is 0 Å². The molecule has 0 aromatic rings. The third-order valence-electron chi connectivity index (χ3n) is 3.73. The van der Waals surface area contributed by atoms with E-state index in [1.165, 1.54) is 0 Å². The highest BCUT2D eigenvalue weighted by molar-refractivity contribution is 5.85. The van der Waals surface area contributed by atoms with E-state index in [4.69, 9.17) is 9.84 Å². The Kier molecular flexibility index (Phi) is 7.14. The number of ether oxygens (including phenoxy) is 1. The van der Waals surface area contributed by atoms with Gasteiger partial charge < -0.3 is 20.5 Å². The molecule has 1 fully saturated rings. The Morgan fingerprint density at radius 2 is 1.81 bits per heavy atom. The molecule has 1 saturated carbocycles. The van der Waals surface area contributed by atoms with Gasteiger partial charge >= 0.3 is 5.97 Å². The smallest absolute Gasteiger partial charge is 0.307 e. The minimum Gasteiger partial charge on any atom is -0.481 e. The maximum atomic E-state index is 12.0. The molecule has 120 valence electrons. The molecule has 7 heteroatoms. The predicted molar refractivity (Wildman–Crippen MR) is 75.5 cm³/mol. The number of rotatable bonds is 8. The molecule has 0 bridgehead atoms. The van der Waals surface area contributed by atoms with Crippen molar-refractivity contribution in [1.29, 1.82) is 0 Å². The van der Waals surface area contributed by atoms with Gasteiger partial charge in [0.2, 0.25) is 11.8 Å². The van der Waals surface area contributed by atoms with Crippen LogP contribution >= 0.6 is 0 Å². The Labute approximate surface area is 124 Å². The summed E-state index contributed by atoms with van der Waals surface area (Å²) in [5.41, 5.74) is 0. The Bertz CT molecular complexity index is 386. The fourth-order valence-corrected chi connectivity index (χ4v) is 2.67. The van der Waals surface area contributed by atoms with Crippen LogP contribution in [-0.4, -0.2) is 49.7 Å². The molecule has 1 aliphatic rings. The second-order valence-corrected chi connectivity index (χ2v) is 5.51. The molecule has 0 heterocycles. The van der Waals surface area contributed by atoms with Crippen molar-refractivity contribution in [3.05, 3.63) is 0 Å². The Balaban J connectivity index is 2.30. The number of methoxy groups -OCH3 is 1. The number of hydrogen-bond acceptors (Lipinski definition) is 4. The lowest BCUT2D eigenvalue weighted by Gasteiger charge is -2.15. The molecule has 0 aromatic carbocycles. The number of aliphatic carboxylic acids is 1. The molecular formula is C14H24N2O5. The third-order valence-corrected chi connectivity index (χ3v) is 3.73. The van der Waals surface area contributed by atoms with Crippen molar-refractivity contribution in [3.63, 3.8) is 0 Å². The van der Waals surface area contributed by atoms with Crippen LogP contribution in [0.15, 0.2) is 0 Å². The van der Waals surface area contributed by atoms with Gasteiger partial charge in [0.1, 0.15) is 0 Å². The number of carbonyl (C=O) groups is 3. The summed E-state index contributed by atoms with van der Waals surface area (Å²) in [5.74, 6) is -2.22. The van der Waals surface area contributed by atoms with Crippen LogP contribution in [0, 0.1) is 17.8 Å². The standard InChI is InChI=1S/C14H24N2O5/c1-9-7-10(11(8-9)14(19)20)13(18)16-4-3-12(17)15-5-6-21-2/h9-11H,3-8H2,1-2H3,(H,15,17)(H,16,18)(H,19,20). The van der Waals surface area contributed by atoms with Crippen LogP contribution in [0.5, 0.6) is 0 Å². The number of carbonyl (C=O) groups excluding carboxylic acids is 2. The minimum atomic E-state index is -0.920. The van der Waals surface area contributed by atoms with Gasteiger partial charge in [0.25, 0.3) is 0 Å². The summed E-state index contributed by atoms with van der Waals surface area (Å²) in [5, 5.41) is 14.4. The van der Waals surface area contributed by atoms with Crippen molar-refractivity contribution in [2.45, 2.75) is 26.2 Å². The van der Waals surface area contributed by atoms with E-state index in [0.29, 0.717) is 26.0 Å². The Morgan fingerprint density at radius 1 is 1.14 bits per heavy atom. The largest absolute Gasteiger partial charge is 0.481 e. The van der Waals surface area contributed by atoms with Gasteiger partial charge in [-0.3, -0.25) is 14.4 Å². The van der Waals surface area contributed by atoms with E-state index >= 15 is 0 Å². The lowest BCUT2D eigenvalue weighted by atomic mass is 9.95. The van der Waals surface area contributed by atoms with Gasteiger partial charge in [-0.05, 0) is 18.8 Å². The molecule has 0 saturated heterocycles. The third kappa shape index (κ3) is 5.71. The Morgan fingerprint density at radius 3 is 2.43 bits per heavy atom. The average Bonchev–Trinajstić information content (AvgIpc) is 2.81. The first kappa shape index (κ1) is 17.4. The zero-order valence-electron chi connectivity index (χ0n) is 12.6. The highest BCUT2D eigenvalue weighted by Crippen LogP contribution is 2.36. The second kappa shape index (κ2) is 8.61. The van der Waals surface area contributed by atoms with E-state index < -0.39 is 17.8 Å². The summed E-state index contributed by atoms with van der Waals surface area (Å²) in [4.78, 5) is 34.6. The molecule has 3 N–H and O–H groups in total. The highest BCUT2D eigenvalue weighted by Gasteiger charge is 2.40. The van der Waals surface area contributed by atoms with Crippen molar-refractivity contribution in [2.24, 2.45) is 17.8 Å². The van der Waals surface area contributed by atoms with Gasteiger partial charge in [-0.1, -0.05) is 6.92 Å². The van der Waals surface area contributed by atoms with Gasteiger partial charge in [-0.25, -0.2) is 0 Å². The van der Waals surface area contributed by atoms with E-state index in [1.54, 1.807) is 7.11 Å². The SMILES string of the molecule is COCCNC(=O)CCNC(=O)C1CC(C)CC1C(=O)O. The summed E-state index contributed by atoms with van der Waals surface area (Å²) >= 11 is 0. The highest BCUT2D eigenvalue weighted by atomic mass is 16.5. The molecule has 2 amide bonds. The van der Waals surface area contributed by atoms with Gasteiger partial charge in [0.05, 0.1) is 18.4 Å². The van der Waals surface area contributed by atoms with Crippen LogP contribution in [-0.2, 0) is 19.1 Å². The number of amides is 2. The van der Waals surface area contributed by atoms with E-state index in [-0.39, 0.29) is 30.7 Å². The van der Waals surface area contributed by atoms with E-state index in [1.807, 2.05) is 6.92 Å².